The fraction of sp³-hybridized carbons (Fsp3) is 0.167. The Bertz CT molecular complexity index is 1380. The number of nitrogens with zero attached hydrogens (tertiary/aromatic N) is 2. The molecule has 0 spiro atoms. The zero-order valence-corrected chi connectivity index (χ0v) is 18.8. The summed E-state index contributed by atoms with van der Waals surface area (Å²) in [5, 5.41) is 20.1. The van der Waals surface area contributed by atoms with Crippen molar-refractivity contribution in [2.24, 2.45) is 0 Å². The first-order valence-corrected chi connectivity index (χ1v) is 11.8. The minimum atomic E-state index is -0.749. The van der Waals surface area contributed by atoms with Crippen molar-refractivity contribution in [1.82, 2.24) is 10.2 Å². The molecule has 9 heteroatoms. The molecule has 1 fully saturated rings. The number of thiophene rings is 2. The molecular weight excluding hydrogens is 458 g/mol. The molecule has 1 aliphatic carbocycles. The predicted octanol–water partition coefficient (Wildman–Crippen LogP) is 5.02. The number of ether oxygens (including phenoxy) is 1. The van der Waals surface area contributed by atoms with Gasteiger partial charge in [0.2, 0.25) is 0 Å². The molecule has 3 aromatic heterocycles. The Balaban J connectivity index is 1.29. The van der Waals surface area contributed by atoms with Crippen LogP contribution in [0, 0.1) is 11.8 Å². The molecule has 0 unspecified atom stereocenters. The Labute approximate surface area is 197 Å². The van der Waals surface area contributed by atoms with Gasteiger partial charge in [-0.1, -0.05) is 30.3 Å². The molecule has 7 nitrogen and oxygen atoms in total. The second-order valence-corrected chi connectivity index (χ2v) is 9.73. The number of hydrogen-bond acceptors (Lipinski definition) is 7. The van der Waals surface area contributed by atoms with Gasteiger partial charge in [0.25, 0.3) is 0 Å². The van der Waals surface area contributed by atoms with Crippen LogP contribution in [0.2, 0.25) is 0 Å². The molecule has 0 radical (unpaired) electrons. The second kappa shape index (κ2) is 8.65. The van der Waals surface area contributed by atoms with Gasteiger partial charge in [0.15, 0.2) is 5.69 Å². The zero-order valence-electron chi connectivity index (χ0n) is 17.2. The van der Waals surface area contributed by atoms with Crippen LogP contribution in [0.25, 0.3) is 9.40 Å². The number of carbonyl (C=O) groups excluding carboxylic acids is 1. The van der Waals surface area contributed by atoms with E-state index in [-0.39, 0.29) is 6.61 Å². The van der Waals surface area contributed by atoms with Crippen LogP contribution in [-0.4, -0.2) is 27.4 Å². The molecule has 1 aliphatic rings. The lowest BCUT2D eigenvalue weighted by Crippen LogP contribution is -2.17. The van der Waals surface area contributed by atoms with E-state index in [1.807, 2.05) is 42.5 Å². The van der Waals surface area contributed by atoms with E-state index in [1.165, 1.54) is 28.9 Å². The fourth-order valence-corrected chi connectivity index (χ4v) is 5.83. The van der Waals surface area contributed by atoms with Gasteiger partial charge in [0.1, 0.15) is 12.0 Å². The van der Waals surface area contributed by atoms with Crippen LogP contribution in [0.5, 0.6) is 0 Å². The van der Waals surface area contributed by atoms with E-state index < -0.39 is 17.5 Å². The van der Waals surface area contributed by atoms with Gasteiger partial charge >= 0.3 is 12.1 Å². The highest BCUT2D eigenvalue weighted by atomic mass is 32.1. The number of hydrogen-bond donors (Lipinski definition) is 2. The Kier molecular flexibility index (Phi) is 5.54. The highest BCUT2D eigenvalue weighted by Crippen LogP contribution is 2.52. The Morgan fingerprint density at radius 2 is 1.88 bits per heavy atom. The highest BCUT2D eigenvalue weighted by molar-refractivity contribution is 7.28. The Morgan fingerprint density at radius 1 is 1.09 bits per heavy atom. The largest absolute Gasteiger partial charge is 0.481 e. The molecule has 1 amide bonds. The first kappa shape index (κ1) is 21.1. The normalized spacial score (nSPS) is 13.7. The van der Waals surface area contributed by atoms with E-state index in [1.54, 1.807) is 6.07 Å². The van der Waals surface area contributed by atoms with Crippen LogP contribution in [0.4, 0.5) is 10.5 Å². The number of carboxylic acids is 1. The van der Waals surface area contributed by atoms with Crippen LogP contribution in [0.1, 0.15) is 33.9 Å². The van der Waals surface area contributed by atoms with Gasteiger partial charge in [-0.25, -0.2) is 4.79 Å². The number of amides is 1. The summed E-state index contributed by atoms with van der Waals surface area (Å²) in [6.07, 6.45) is 2.25. The molecule has 4 aromatic rings. The third kappa shape index (κ3) is 4.44. The van der Waals surface area contributed by atoms with Crippen molar-refractivity contribution in [3.63, 3.8) is 0 Å². The topological polar surface area (TPSA) is 101 Å². The van der Waals surface area contributed by atoms with Gasteiger partial charge in [-0.3, -0.25) is 10.1 Å². The average molecular weight is 476 g/mol. The first-order valence-electron chi connectivity index (χ1n) is 10.1. The third-order valence-electron chi connectivity index (χ3n) is 5.31. The number of nitrogens with one attached hydrogen (secondary N) is 1. The first-order chi connectivity index (χ1) is 16.0. The summed E-state index contributed by atoms with van der Waals surface area (Å²) in [5.41, 5.74) is 0.935. The van der Waals surface area contributed by atoms with E-state index in [4.69, 9.17) is 4.74 Å². The minimum Gasteiger partial charge on any atom is -0.481 e. The molecule has 0 atom stereocenters. The van der Waals surface area contributed by atoms with E-state index in [0.717, 1.165) is 24.7 Å². The standard InChI is InChI=1S/C24H17N3O4S2/c28-22(29)24(9-10-24)21-13-20-19(33-21)12-16(32-20)6-7-18-17(8-11-25-27-18)26-23(30)31-14-15-4-2-1-3-5-15/h1-5,8,11-13H,9-10,14H2,(H,28,29)(H,25,26,30). The summed E-state index contributed by atoms with van der Waals surface area (Å²) in [7, 11) is 0. The van der Waals surface area contributed by atoms with Gasteiger partial charge in [0.05, 0.1) is 16.8 Å². The maximum Gasteiger partial charge on any atom is 0.412 e. The van der Waals surface area contributed by atoms with Crippen LogP contribution in [-0.2, 0) is 21.6 Å². The number of benzene rings is 1. The quantitative estimate of drug-likeness (QED) is 0.393. The van der Waals surface area contributed by atoms with Crippen molar-refractivity contribution >= 4 is 49.8 Å². The second-order valence-electron chi connectivity index (χ2n) is 7.57. The van der Waals surface area contributed by atoms with Crippen molar-refractivity contribution in [3.8, 4) is 11.8 Å². The Morgan fingerprint density at radius 3 is 2.61 bits per heavy atom. The van der Waals surface area contributed by atoms with E-state index in [9.17, 15) is 14.7 Å². The lowest BCUT2D eigenvalue weighted by atomic mass is 10.1. The molecule has 1 saturated carbocycles. The summed E-state index contributed by atoms with van der Waals surface area (Å²) in [4.78, 5) is 25.5. The maximum absolute atomic E-state index is 12.2. The van der Waals surface area contributed by atoms with E-state index in [2.05, 4.69) is 27.4 Å². The van der Waals surface area contributed by atoms with Crippen molar-refractivity contribution in [2.75, 3.05) is 5.32 Å². The van der Waals surface area contributed by atoms with Crippen LogP contribution in [0.3, 0.4) is 0 Å². The summed E-state index contributed by atoms with van der Waals surface area (Å²) in [6, 6.07) is 14.9. The summed E-state index contributed by atoms with van der Waals surface area (Å²) in [6.45, 7) is 0.156. The lowest BCUT2D eigenvalue weighted by molar-refractivity contribution is -0.139. The molecule has 2 N–H and O–H groups in total. The van der Waals surface area contributed by atoms with Gasteiger partial charge in [0, 0.05) is 14.3 Å². The predicted molar refractivity (Wildman–Crippen MR) is 127 cm³/mol. The molecular formula is C24H17N3O4S2. The number of fused-ring (bicyclic) bond motifs is 1. The monoisotopic (exact) mass is 475 g/mol. The number of carbonyl (C=O) groups is 2. The van der Waals surface area contributed by atoms with Crippen molar-refractivity contribution in [3.05, 3.63) is 75.7 Å². The molecule has 0 aliphatic heterocycles. The fourth-order valence-electron chi connectivity index (χ4n) is 3.34. The number of aliphatic carboxylic acids is 1. The number of rotatable bonds is 5. The molecule has 0 saturated heterocycles. The molecule has 1 aromatic carbocycles. The van der Waals surface area contributed by atoms with Gasteiger partial charge < -0.3 is 9.84 Å². The lowest BCUT2D eigenvalue weighted by Gasteiger charge is -2.07. The van der Waals surface area contributed by atoms with E-state index in [0.29, 0.717) is 24.2 Å². The summed E-state index contributed by atoms with van der Waals surface area (Å²) >= 11 is 3.02. The molecule has 5 rings (SSSR count). The number of carboxylic acid groups (broad SMARTS) is 1. The van der Waals surface area contributed by atoms with Crippen LogP contribution in [0.15, 0.2) is 54.7 Å². The van der Waals surface area contributed by atoms with Crippen molar-refractivity contribution < 1.29 is 19.4 Å². The molecule has 3 heterocycles. The SMILES string of the molecule is O=C(Nc1ccnnc1C#Cc1cc2sc(C3(C(=O)O)CC3)cc2s1)OCc1ccccc1. The van der Waals surface area contributed by atoms with Gasteiger partial charge in [-0.05, 0) is 48.4 Å². The molecule has 164 valence electrons. The minimum absolute atomic E-state index is 0.156. The Hall–Kier alpha value is -3.74. The number of anilines is 1. The van der Waals surface area contributed by atoms with Crippen LogP contribution >= 0.6 is 22.7 Å². The van der Waals surface area contributed by atoms with E-state index >= 15 is 0 Å². The van der Waals surface area contributed by atoms with Crippen molar-refractivity contribution in [1.29, 1.82) is 0 Å². The third-order valence-corrected chi connectivity index (χ3v) is 7.73. The van der Waals surface area contributed by atoms with Gasteiger partial charge in [-0.15, -0.1) is 27.8 Å². The maximum atomic E-state index is 12.2. The van der Waals surface area contributed by atoms with Crippen LogP contribution < -0.4 is 5.32 Å². The summed E-state index contributed by atoms with van der Waals surface area (Å²) < 4.78 is 7.30. The van der Waals surface area contributed by atoms with Gasteiger partial charge in [-0.2, -0.15) is 5.10 Å². The smallest absolute Gasteiger partial charge is 0.412 e. The molecule has 33 heavy (non-hydrogen) atoms. The molecule has 0 bridgehead atoms. The zero-order chi connectivity index (χ0) is 22.8. The summed E-state index contributed by atoms with van der Waals surface area (Å²) in [5.74, 6) is 5.28. The van der Waals surface area contributed by atoms with Crippen molar-refractivity contribution in [2.45, 2.75) is 24.9 Å². The number of aromatic nitrogens is 2. The average Bonchev–Trinajstić information content (AvgIpc) is 3.41. The highest BCUT2D eigenvalue weighted by Gasteiger charge is 2.53.